The topological polar surface area (TPSA) is 53.2 Å². The van der Waals surface area contributed by atoms with Gasteiger partial charge in [0.05, 0.1) is 0 Å². The average molecular weight is 319 g/mol. The normalized spacial score (nSPS) is 21.0. The van der Waals surface area contributed by atoms with Crippen LogP contribution in [0.15, 0.2) is 18.2 Å². The number of nitrogens with one attached hydrogen (secondary N) is 3. The van der Waals surface area contributed by atoms with E-state index in [0.717, 1.165) is 17.5 Å². The quantitative estimate of drug-likeness (QED) is 0.579. The number of carbonyl (C=O) groups excluding carboxylic acids is 1. The molecular formula is C17H25N3OS. The Morgan fingerprint density at radius 1 is 1.18 bits per heavy atom. The van der Waals surface area contributed by atoms with Crippen LogP contribution in [0.5, 0.6) is 0 Å². The number of hydrogen-bond donors (Lipinski definition) is 3. The molecule has 1 saturated carbocycles. The van der Waals surface area contributed by atoms with Gasteiger partial charge in [-0.2, -0.15) is 0 Å². The Kier molecular flexibility index (Phi) is 5.77. The van der Waals surface area contributed by atoms with Crippen LogP contribution >= 0.6 is 12.2 Å². The van der Waals surface area contributed by atoms with Gasteiger partial charge >= 0.3 is 0 Å². The molecule has 1 aromatic rings. The van der Waals surface area contributed by atoms with E-state index in [1.165, 1.54) is 19.3 Å². The fraction of sp³-hybridized carbons (Fsp3) is 0.529. The van der Waals surface area contributed by atoms with E-state index in [2.05, 4.69) is 23.1 Å². The van der Waals surface area contributed by atoms with E-state index < -0.39 is 0 Å². The molecule has 22 heavy (non-hydrogen) atoms. The lowest BCUT2D eigenvalue weighted by atomic mass is 9.86. The number of thiocarbonyl (C=S) groups is 1. The number of hydrogen-bond acceptors (Lipinski definition) is 2. The minimum atomic E-state index is -0.168. The molecule has 2 rings (SSSR count). The monoisotopic (exact) mass is 319 g/mol. The summed E-state index contributed by atoms with van der Waals surface area (Å²) in [6.07, 6.45) is 4.89. The van der Waals surface area contributed by atoms with Crippen molar-refractivity contribution in [1.29, 1.82) is 0 Å². The molecule has 5 heteroatoms. The highest BCUT2D eigenvalue weighted by Crippen LogP contribution is 2.23. The molecule has 1 fully saturated rings. The van der Waals surface area contributed by atoms with E-state index in [0.29, 0.717) is 22.6 Å². The van der Waals surface area contributed by atoms with Crippen LogP contribution in [0.4, 0.5) is 0 Å². The molecule has 0 aliphatic heterocycles. The van der Waals surface area contributed by atoms with Crippen molar-refractivity contribution in [1.82, 2.24) is 16.2 Å². The Labute approximate surface area is 138 Å². The van der Waals surface area contributed by atoms with E-state index in [1.807, 2.05) is 32.0 Å². The fourth-order valence-electron chi connectivity index (χ4n) is 2.98. The van der Waals surface area contributed by atoms with Gasteiger partial charge in [-0.05, 0) is 56.5 Å². The molecule has 0 heterocycles. The van der Waals surface area contributed by atoms with Crippen molar-refractivity contribution in [2.75, 3.05) is 0 Å². The molecular weight excluding hydrogens is 294 g/mol. The lowest BCUT2D eigenvalue weighted by Crippen LogP contribution is -2.51. The Balaban J connectivity index is 1.84. The predicted molar refractivity (Wildman–Crippen MR) is 93.7 cm³/mol. The summed E-state index contributed by atoms with van der Waals surface area (Å²) in [5, 5.41) is 3.79. The third kappa shape index (κ3) is 4.44. The van der Waals surface area contributed by atoms with E-state index in [9.17, 15) is 4.79 Å². The van der Waals surface area contributed by atoms with E-state index in [1.54, 1.807) is 0 Å². The second-order valence-electron chi connectivity index (χ2n) is 6.24. The summed E-state index contributed by atoms with van der Waals surface area (Å²) in [6, 6.07) is 6.16. The van der Waals surface area contributed by atoms with Crippen LogP contribution in [0, 0.1) is 19.8 Å². The maximum atomic E-state index is 12.2. The molecule has 4 nitrogen and oxygen atoms in total. The summed E-state index contributed by atoms with van der Waals surface area (Å²) in [7, 11) is 0. The summed E-state index contributed by atoms with van der Waals surface area (Å²) >= 11 is 5.27. The van der Waals surface area contributed by atoms with Gasteiger partial charge in [0.1, 0.15) is 0 Å². The minimum Gasteiger partial charge on any atom is -0.358 e. The Hall–Kier alpha value is -1.62. The number of benzene rings is 1. The number of hydrazine groups is 1. The van der Waals surface area contributed by atoms with Gasteiger partial charge in [-0.3, -0.25) is 15.6 Å². The number of amides is 1. The molecule has 0 spiro atoms. The Morgan fingerprint density at radius 2 is 1.91 bits per heavy atom. The van der Waals surface area contributed by atoms with Gasteiger partial charge in [-0.25, -0.2) is 0 Å². The zero-order chi connectivity index (χ0) is 16.1. The largest absolute Gasteiger partial charge is 0.358 e. The second-order valence-corrected chi connectivity index (χ2v) is 6.65. The van der Waals surface area contributed by atoms with E-state index in [4.69, 9.17) is 12.2 Å². The summed E-state index contributed by atoms with van der Waals surface area (Å²) in [4.78, 5) is 12.2. The summed E-state index contributed by atoms with van der Waals surface area (Å²) < 4.78 is 0. The highest BCUT2D eigenvalue weighted by Gasteiger charge is 2.21. The van der Waals surface area contributed by atoms with Crippen molar-refractivity contribution < 1.29 is 4.79 Å². The van der Waals surface area contributed by atoms with Crippen LogP contribution in [0.1, 0.15) is 54.1 Å². The van der Waals surface area contributed by atoms with Crippen molar-refractivity contribution in [2.24, 2.45) is 5.92 Å². The first-order valence-corrected chi connectivity index (χ1v) is 8.32. The first-order valence-electron chi connectivity index (χ1n) is 7.91. The maximum Gasteiger partial charge on any atom is 0.269 e. The Morgan fingerprint density at radius 3 is 2.59 bits per heavy atom. The molecule has 0 aromatic heterocycles. The molecule has 1 amide bonds. The molecule has 1 aliphatic carbocycles. The summed E-state index contributed by atoms with van der Waals surface area (Å²) in [5.74, 6) is 0.446. The minimum absolute atomic E-state index is 0.168. The van der Waals surface area contributed by atoms with Crippen LogP contribution in [-0.4, -0.2) is 17.1 Å². The van der Waals surface area contributed by atoms with Gasteiger partial charge < -0.3 is 5.32 Å². The first kappa shape index (κ1) is 16.7. The van der Waals surface area contributed by atoms with Gasteiger partial charge in [0.15, 0.2) is 5.11 Å². The van der Waals surface area contributed by atoms with E-state index >= 15 is 0 Å². The molecule has 0 saturated heterocycles. The summed E-state index contributed by atoms with van der Waals surface area (Å²) in [5.41, 5.74) is 8.24. The first-order chi connectivity index (χ1) is 10.5. The maximum absolute atomic E-state index is 12.2. The zero-order valence-electron chi connectivity index (χ0n) is 13.5. The highest BCUT2D eigenvalue weighted by atomic mass is 32.1. The van der Waals surface area contributed by atoms with Crippen molar-refractivity contribution >= 4 is 23.2 Å². The molecule has 120 valence electrons. The zero-order valence-corrected chi connectivity index (χ0v) is 14.3. The van der Waals surface area contributed by atoms with Crippen LogP contribution in [-0.2, 0) is 0 Å². The standard InChI is InChI=1S/C17H25N3OS/c1-11-8-9-14(13(3)10-11)16(21)19-20-17(22)18-15-7-5-4-6-12(15)2/h8-10,12,15H,4-7H2,1-3H3,(H,19,21)(H2,18,20,22)/t12-,15-/m1/s1. The van der Waals surface area contributed by atoms with Crippen molar-refractivity contribution in [3.05, 3.63) is 34.9 Å². The lowest BCUT2D eigenvalue weighted by molar-refractivity contribution is 0.0942. The van der Waals surface area contributed by atoms with Gasteiger partial charge in [0.25, 0.3) is 5.91 Å². The van der Waals surface area contributed by atoms with Gasteiger partial charge in [-0.15, -0.1) is 0 Å². The molecule has 1 aromatic carbocycles. The third-order valence-corrected chi connectivity index (χ3v) is 4.56. The smallest absolute Gasteiger partial charge is 0.269 e. The number of aryl methyl sites for hydroxylation is 2. The van der Waals surface area contributed by atoms with Gasteiger partial charge in [0, 0.05) is 11.6 Å². The highest BCUT2D eigenvalue weighted by molar-refractivity contribution is 7.80. The van der Waals surface area contributed by atoms with Crippen molar-refractivity contribution in [2.45, 2.75) is 52.5 Å². The molecule has 2 atom stereocenters. The fourth-order valence-corrected chi connectivity index (χ4v) is 3.19. The molecule has 0 unspecified atom stereocenters. The predicted octanol–water partition coefficient (Wildman–Crippen LogP) is 2.99. The number of carbonyl (C=O) groups is 1. The lowest BCUT2D eigenvalue weighted by Gasteiger charge is -2.30. The van der Waals surface area contributed by atoms with E-state index in [-0.39, 0.29) is 5.91 Å². The van der Waals surface area contributed by atoms with Crippen LogP contribution in [0.25, 0.3) is 0 Å². The molecule has 1 aliphatic rings. The third-order valence-electron chi connectivity index (χ3n) is 4.34. The van der Waals surface area contributed by atoms with Gasteiger partial charge in [0.2, 0.25) is 0 Å². The molecule has 0 radical (unpaired) electrons. The van der Waals surface area contributed by atoms with Crippen molar-refractivity contribution in [3.8, 4) is 0 Å². The molecule has 3 N–H and O–H groups in total. The Bertz CT molecular complexity index is 559. The average Bonchev–Trinajstić information content (AvgIpc) is 2.47. The number of rotatable bonds is 2. The van der Waals surface area contributed by atoms with Crippen LogP contribution < -0.4 is 16.2 Å². The van der Waals surface area contributed by atoms with Gasteiger partial charge in [-0.1, -0.05) is 37.5 Å². The van der Waals surface area contributed by atoms with Crippen LogP contribution in [0.2, 0.25) is 0 Å². The summed E-state index contributed by atoms with van der Waals surface area (Å²) in [6.45, 7) is 6.19. The van der Waals surface area contributed by atoms with Crippen LogP contribution in [0.3, 0.4) is 0 Å². The molecule has 0 bridgehead atoms. The second kappa shape index (κ2) is 7.58. The van der Waals surface area contributed by atoms with Crippen molar-refractivity contribution in [3.63, 3.8) is 0 Å². The SMILES string of the molecule is Cc1ccc(C(=O)NNC(=S)N[C@@H]2CCCC[C@H]2C)c(C)c1.